The summed E-state index contributed by atoms with van der Waals surface area (Å²) in [7, 11) is 0. The zero-order valence-corrected chi connectivity index (χ0v) is 20.5. The number of hydrogen-bond acceptors (Lipinski definition) is 6. The summed E-state index contributed by atoms with van der Waals surface area (Å²) in [6, 6.07) is 8.68. The van der Waals surface area contributed by atoms with Crippen molar-refractivity contribution in [2.24, 2.45) is 0 Å². The van der Waals surface area contributed by atoms with Crippen molar-refractivity contribution in [2.45, 2.75) is 36.8 Å². The van der Waals surface area contributed by atoms with Crippen LogP contribution in [-0.4, -0.2) is 41.8 Å². The second-order valence-electron chi connectivity index (χ2n) is 7.81. The second kappa shape index (κ2) is 12.3. The van der Waals surface area contributed by atoms with Gasteiger partial charge >= 0.3 is 12.1 Å². The number of carbonyl (C=O) groups is 2. The third kappa shape index (κ3) is 7.79. The Balaban J connectivity index is 1.45. The number of aromatic nitrogens is 1. The van der Waals surface area contributed by atoms with E-state index in [1.807, 2.05) is 12.1 Å². The van der Waals surface area contributed by atoms with Crippen LogP contribution in [0.2, 0.25) is 0 Å². The van der Waals surface area contributed by atoms with Crippen molar-refractivity contribution >= 4 is 55.9 Å². The summed E-state index contributed by atoms with van der Waals surface area (Å²) in [5, 5.41) is 2.44. The van der Waals surface area contributed by atoms with Crippen LogP contribution in [0.4, 0.5) is 32.8 Å². The van der Waals surface area contributed by atoms with Crippen molar-refractivity contribution < 1.29 is 31.5 Å². The maximum Gasteiger partial charge on any atom is 0.471 e. The molecule has 3 N–H and O–H groups in total. The van der Waals surface area contributed by atoms with Gasteiger partial charge in [0, 0.05) is 29.7 Å². The van der Waals surface area contributed by atoms with Gasteiger partial charge < -0.3 is 11.1 Å². The van der Waals surface area contributed by atoms with E-state index < -0.39 is 23.7 Å². The summed E-state index contributed by atoms with van der Waals surface area (Å²) in [5.74, 6) is -3.92. The predicted molar refractivity (Wildman–Crippen MR) is 131 cm³/mol. The number of rotatable bonds is 11. The van der Waals surface area contributed by atoms with E-state index in [-0.39, 0.29) is 40.0 Å². The molecule has 0 atom stereocenters. The molecule has 36 heavy (non-hydrogen) atoms. The zero-order valence-electron chi connectivity index (χ0n) is 18.9. The minimum Gasteiger partial charge on any atom is -0.399 e. The van der Waals surface area contributed by atoms with Crippen LogP contribution in [0.15, 0.2) is 41.3 Å². The number of fused-ring (bicyclic) bond motifs is 1. The van der Waals surface area contributed by atoms with E-state index in [0.717, 1.165) is 11.0 Å². The third-order valence-corrected chi connectivity index (χ3v) is 7.04. The van der Waals surface area contributed by atoms with E-state index in [1.165, 1.54) is 11.8 Å². The average molecular weight is 547 g/mol. The predicted octanol–water partition coefficient (Wildman–Crippen LogP) is 5.52. The van der Waals surface area contributed by atoms with Gasteiger partial charge in [-0.2, -0.15) is 13.2 Å². The quantitative estimate of drug-likeness (QED) is 0.143. The Labute approximate surface area is 212 Å². The Morgan fingerprint density at radius 1 is 1.06 bits per heavy atom. The monoisotopic (exact) mass is 546 g/mol. The largest absolute Gasteiger partial charge is 0.471 e. The Morgan fingerprint density at radius 3 is 2.44 bits per heavy atom. The van der Waals surface area contributed by atoms with Crippen molar-refractivity contribution in [1.29, 1.82) is 0 Å². The number of benzene rings is 2. The molecule has 0 bridgehead atoms. The molecule has 3 aromatic rings. The summed E-state index contributed by atoms with van der Waals surface area (Å²) in [5.41, 5.74) is 5.97. The van der Waals surface area contributed by atoms with Gasteiger partial charge in [0.2, 0.25) is 5.91 Å². The molecule has 194 valence electrons. The number of anilines is 2. The lowest BCUT2D eigenvalue weighted by molar-refractivity contribution is -0.170. The fourth-order valence-corrected chi connectivity index (χ4v) is 5.00. The van der Waals surface area contributed by atoms with E-state index in [9.17, 15) is 31.5 Å². The first-order valence-corrected chi connectivity index (χ1v) is 12.7. The number of nitrogens with two attached hydrogens (primary N) is 1. The first kappa shape index (κ1) is 27.7. The Morgan fingerprint density at radius 2 is 1.75 bits per heavy atom. The first-order chi connectivity index (χ1) is 17.0. The molecule has 1 heterocycles. The number of alkyl halides is 3. The van der Waals surface area contributed by atoms with Gasteiger partial charge in [-0.15, -0.1) is 11.8 Å². The number of thiazole rings is 1. The minimum atomic E-state index is -5.14. The SMILES string of the molecule is Nc1ccc(SCC(=O)NCCCCCCN(C(=O)C(F)(F)F)c2nc3c(F)cc(F)cc3s2)cc1. The van der Waals surface area contributed by atoms with Crippen molar-refractivity contribution in [3.8, 4) is 0 Å². The molecular weight excluding hydrogens is 523 g/mol. The molecule has 0 aliphatic rings. The van der Waals surface area contributed by atoms with Crippen molar-refractivity contribution in [3.05, 3.63) is 48.0 Å². The molecule has 0 radical (unpaired) electrons. The Kier molecular flexibility index (Phi) is 9.49. The highest BCUT2D eigenvalue weighted by Crippen LogP contribution is 2.33. The summed E-state index contributed by atoms with van der Waals surface area (Å²) in [6.45, 7) is 0.127. The molecule has 3 rings (SSSR count). The number of nitrogens with one attached hydrogen (secondary N) is 1. The van der Waals surface area contributed by atoms with Crippen LogP contribution < -0.4 is 16.0 Å². The molecule has 0 aliphatic heterocycles. The van der Waals surface area contributed by atoms with Crippen molar-refractivity contribution in [2.75, 3.05) is 29.5 Å². The number of amides is 2. The topological polar surface area (TPSA) is 88.3 Å². The van der Waals surface area contributed by atoms with Gasteiger partial charge in [0.15, 0.2) is 10.9 Å². The smallest absolute Gasteiger partial charge is 0.399 e. The van der Waals surface area contributed by atoms with Gasteiger partial charge in [0.1, 0.15) is 11.3 Å². The van der Waals surface area contributed by atoms with Gasteiger partial charge in [-0.05, 0) is 43.2 Å². The van der Waals surface area contributed by atoms with Gasteiger partial charge in [-0.1, -0.05) is 24.2 Å². The minimum absolute atomic E-state index is 0.00720. The average Bonchev–Trinajstić information content (AvgIpc) is 3.23. The molecule has 0 saturated carbocycles. The Bertz CT molecular complexity index is 1200. The molecule has 0 spiro atoms. The molecule has 0 fully saturated rings. The second-order valence-corrected chi connectivity index (χ2v) is 9.87. The highest BCUT2D eigenvalue weighted by atomic mass is 32.2. The molecule has 2 aromatic carbocycles. The lowest BCUT2D eigenvalue weighted by Gasteiger charge is -2.21. The highest BCUT2D eigenvalue weighted by Gasteiger charge is 2.43. The van der Waals surface area contributed by atoms with Gasteiger partial charge in [-0.3, -0.25) is 14.5 Å². The van der Waals surface area contributed by atoms with E-state index in [1.54, 1.807) is 12.1 Å². The van der Waals surface area contributed by atoms with Crippen molar-refractivity contribution in [3.63, 3.8) is 0 Å². The van der Waals surface area contributed by atoms with Crippen LogP contribution in [-0.2, 0) is 9.59 Å². The summed E-state index contributed by atoms with van der Waals surface area (Å²) >= 11 is 1.99. The van der Waals surface area contributed by atoms with E-state index >= 15 is 0 Å². The van der Waals surface area contributed by atoms with Crippen LogP contribution in [0, 0.1) is 11.6 Å². The van der Waals surface area contributed by atoms with Crippen LogP contribution in [0.3, 0.4) is 0 Å². The summed E-state index contributed by atoms with van der Waals surface area (Å²) < 4.78 is 66.8. The maximum absolute atomic E-state index is 13.9. The highest BCUT2D eigenvalue weighted by molar-refractivity contribution is 8.00. The van der Waals surface area contributed by atoms with E-state index in [4.69, 9.17) is 5.73 Å². The fraction of sp³-hybridized carbons (Fsp3) is 0.348. The standard InChI is InChI=1S/C23H23F5N4O2S2/c24-14-11-17(25)20-18(12-14)36-22(31-20)32(21(34)23(26,27)28)10-4-2-1-3-9-30-19(33)13-35-16-7-5-15(29)6-8-16/h5-8,11-12H,1-4,9-10,13,29H2,(H,30,33). The van der Waals surface area contributed by atoms with E-state index in [2.05, 4.69) is 10.3 Å². The van der Waals surface area contributed by atoms with Gasteiger partial charge in [-0.25, -0.2) is 13.8 Å². The fourth-order valence-electron chi connectivity index (χ4n) is 3.24. The zero-order chi connectivity index (χ0) is 26.3. The van der Waals surface area contributed by atoms with Gasteiger partial charge in [0.05, 0.1) is 10.5 Å². The molecular formula is C23H23F5N4O2S2. The lowest BCUT2D eigenvalue weighted by Crippen LogP contribution is -2.41. The molecule has 0 saturated heterocycles. The van der Waals surface area contributed by atoms with E-state index in [0.29, 0.717) is 53.8 Å². The Hall–Kier alpha value is -2.93. The number of nitrogens with zero attached hydrogens (tertiary/aromatic N) is 2. The number of thioether (sulfide) groups is 1. The molecule has 0 unspecified atom stereocenters. The number of halogens is 5. The number of hydrogen-bond donors (Lipinski definition) is 2. The van der Waals surface area contributed by atoms with Crippen LogP contribution in [0.1, 0.15) is 25.7 Å². The number of unbranched alkanes of at least 4 members (excludes halogenated alkanes) is 3. The number of carbonyl (C=O) groups excluding carboxylic acids is 2. The molecule has 13 heteroatoms. The molecule has 0 aliphatic carbocycles. The third-order valence-electron chi connectivity index (χ3n) is 5.00. The molecule has 2 amide bonds. The first-order valence-electron chi connectivity index (χ1n) is 10.9. The number of nitrogen functional groups attached to an aromatic ring is 1. The van der Waals surface area contributed by atoms with Crippen LogP contribution in [0.25, 0.3) is 10.2 Å². The van der Waals surface area contributed by atoms with Crippen LogP contribution in [0.5, 0.6) is 0 Å². The van der Waals surface area contributed by atoms with Crippen LogP contribution >= 0.6 is 23.1 Å². The normalized spacial score (nSPS) is 11.6. The molecule has 1 aromatic heterocycles. The summed E-state index contributed by atoms with van der Waals surface area (Å²) in [6.07, 6.45) is -3.20. The molecule has 6 nitrogen and oxygen atoms in total. The maximum atomic E-state index is 13.9. The van der Waals surface area contributed by atoms with Crippen molar-refractivity contribution in [1.82, 2.24) is 10.3 Å². The van der Waals surface area contributed by atoms with Gasteiger partial charge in [0.25, 0.3) is 0 Å². The lowest BCUT2D eigenvalue weighted by atomic mass is 10.2. The summed E-state index contributed by atoms with van der Waals surface area (Å²) in [4.78, 5) is 29.1.